The number of fused-ring (bicyclic) bond motifs is 1. The van der Waals surface area contributed by atoms with Crippen LogP contribution < -0.4 is 0 Å². The quantitative estimate of drug-likeness (QED) is 0.923. The van der Waals surface area contributed by atoms with E-state index in [0.29, 0.717) is 13.1 Å². The van der Waals surface area contributed by atoms with E-state index in [1.807, 2.05) is 10.9 Å². The van der Waals surface area contributed by atoms with E-state index in [1.54, 1.807) is 0 Å². The SMILES string of the molecule is Cc1cc2ncn(C[C@@H](O)CN3CCOCC3)c2cc1C. The number of hydrogen-bond donors (Lipinski definition) is 1. The highest BCUT2D eigenvalue weighted by atomic mass is 16.5. The molecule has 0 bridgehead atoms. The minimum atomic E-state index is -0.387. The second kappa shape index (κ2) is 6.13. The summed E-state index contributed by atoms with van der Waals surface area (Å²) in [5, 5.41) is 10.3. The Balaban J connectivity index is 1.70. The molecule has 0 radical (unpaired) electrons. The zero-order valence-corrected chi connectivity index (χ0v) is 12.7. The summed E-state index contributed by atoms with van der Waals surface area (Å²) in [5.74, 6) is 0. The fourth-order valence-corrected chi connectivity index (χ4v) is 2.83. The van der Waals surface area contributed by atoms with Crippen molar-refractivity contribution in [1.29, 1.82) is 0 Å². The van der Waals surface area contributed by atoms with Gasteiger partial charge in [-0.15, -0.1) is 0 Å². The molecule has 3 rings (SSSR count). The van der Waals surface area contributed by atoms with Gasteiger partial charge in [-0.05, 0) is 37.1 Å². The van der Waals surface area contributed by atoms with Gasteiger partial charge in [-0.3, -0.25) is 4.90 Å². The summed E-state index contributed by atoms with van der Waals surface area (Å²) in [6.07, 6.45) is 1.44. The molecule has 1 fully saturated rings. The number of morpholine rings is 1. The second-order valence-electron chi connectivity index (χ2n) is 5.89. The lowest BCUT2D eigenvalue weighted by molar-refractivity contribution is 0.0117. The Morgan fingerprint density at radius 2 is 1.90 bits per heavy atom. The predicted octanol–water partition coefficient (Wildman–Crippen LogP) is 1.35. The Morgan fingerprint density at radius 1 is 1.19 bits per heavy atom. The predicted molar refractivity (Wildman–Crippen MR) is 82.5 cm³/mol. The molecule has 114 valence electrons. The molecule has 1 aromatic carbocycles. The summed E-state index contributed by atoms with van der Waals surface area (Å²) in [4.78, 5) is 6.69. The van der Waals surface area contributed by atoms with Crippen LogP contribution in [0.2, 0.25) is 0 Å². The lowest BCUT2D eigenvalue weighted by Crippen LogP contribution is -2.41. The van der Waals surface area contributed by atoms with Crippen LogP contribution in [0.4, 0.5) is 0 Å². The van der Waals surface area contributed by atoms with E-state index in [9.17, 15) is 5.11 Å². The molecular formula is C16H23N3O2. The van der Waals surface area contributed by atoms with Gasteiger partial charge in [-0.1, -0.05) is 0 Å². The second-order valence-corrected chi connectivity index (χ2v) is 5.89. The molecule has 5 nitrogen and oxygen atoms in total. The number of aryl methyl sites for hydroxylation is 2. The van der Waals surface area contributed by atoms with Gasteiger partial charge in [0.2, 0.25) is 0 Å². The lowest BCUT2D eigenvalue weighted by Gasteiger charge is -2.28. The Morgan fingerprint density at radius 3 is 2.67 bits per heavy atom. The van der Waals surface area contributed by atoms with Crippen molar-refractivity contribution in [3.05, 3.63) is 29.6 Å². The molecule has 0 amide bonds. The zero-order valence-electron chi connectivity index (χ0n) is 12.7. The van der Waals surface area contributed by atoms with E-state index in [2.05, 4.69) is 35.9 Å². The van der Waals surface area contributed by atoms with Crippen molar-refractivity contribution in [2.24, 2.45) is 0 Å². The van der Waals surface area contributed by atoms with Crippen molar-refractivity contribution in [1.82, 2.24) is 14.5 Å². The van der Waals surface area contributed by atoms with Crippen molar-refractivity contribution < 1.29 is 9.84 Å². The normalized spacial score (nSPS) is 18.2. The maximum Gasteiger partial charge on any atom is 0.0959 e. The fourth-order valence-electron chi connectivity index (χ4n) is 2.83. The number of ether oxygens (including phenoxy) is 1. The van der Waals surface area contributed by atoms with Gasteiger partial charge >= 0.3 is 0 Å². The smallest absolute Gasteiger partial charge is 0.0959 e. The van der Waals surface area contributed by atoms with E-state index >= 15 is 0 Å². The van der Waals surface area contributed by atoms with Crippen LogP contribution >= 0.6 is 0 Å². The third-order valence-electron chi connectivity index (χ3n) is 4.22. The van der Waals surface area contributed by atoms with Crippen LogP contribution in [-0.4, -0.2) is 58.5 Å². The summed E-state index contributed by atoms with van der Waals surface area (Å²) in [6, 6.07) is 4.26. The zero-order chi connectivity index (χ0) is 14.8. The van der Waals surface area contributed by atoms with E-state index in [-0.39, 0.29) is 6.10 Å². The molecule has 0 saturated carbocycles. The molecule has 1 saturated heterocycles. The number of aromatic nitrogens is 2. The topological polar surface area (TPSA) is 50.5 Å². The molecule has 5 heteroatoms. The number of nitrogens with zero attached hydrogens (tertiary/aromatic N) is 3. The number of aliphatic hydroxyl groups excluding tert-OH is 1. The Kier molecular flexibility index (Phi) is 4.24. The first kappa shape index (κ1) is 14.5. The summed E-state index contributed by atoms with van der Waals surface area (Å²) < 4.78 is 7.38. The molecule has 0 spiro atoms. The van der Waals surface area contributed by atoms with Crippen LogP contribution in [-0.2, 0) is 11.3 Å². The number of β-amino-alcohol motifs (C(OH)–C–C–N with tert-alkyl or cyclic N) is 1. The van der Waals surface area contributed by atoms with Gasteiger partial charge in [0.25, 0.3) is 0 Å². The molecule has 2 aromatic rings. The van der Waals surface area contributed by atoms with Crippen LogP contribution in [0.3, 0.4) is 0 Å². The molecule has 1 atom stereocenters. The van der Waals surface area contributed by atoms with Crippen molar-refractivity contribution in [2.45, 2.75) is 26.5 Å². The van der Waals surface area contributed by atoms with Crippen molar-refractivity contribution in [2.75, 3.05) is 32.8 Å². The van der Waals surface area contributed by atoms with Crippen molar-refractivity contribution in [3.8, 4) is 0 Å². The monoisotopic (exact) mass is 289 g/mol. The third-order valence-corrected chi connectivity index (χ3v) is 4.22. The number of aliphatic hydroxyl groups is 1. The first-order valence-corrected chi connectivity index (χ1v) is 7.54. The van der Waals surface area contributed by atoms with Gasteiger partial charge in [-0.2, -0.15) is 0 Å². The van der Waals surface area contributed by atoms with Gasteiger partial charge < -0.3 is 14.4 Å². The molecule has 2 heterocycles. The maximum atomic E-state index is 10.3. The van der Waals surface area contributed by atoms with Gasteiger partial charge in [0.1, 0.15) is 0 Å². The largest absolute Gasteiger partial charge is 0.390 e. The Hall–Kier alpha value is -1.43. The van der Waals surface area contributed by atoms with Crippen LogP contribution in [0.1, 0.15) is 11.1 Å². The van der Waals surface area contributed by atoms with E-state index < -0.39 is 0 Å². The number of imidazole rings is 1. The first-order valence-electron chi connectivity index (χ1n) is 7.54. The van der Waals surface area contributed by atoms with E-state index in [1.165, 1.54) is 11.1 Å². The van der Waals surface area contributed by atoms with Crippen LogP contribution in [0.25, 0.3) is 11.0 Å². The fraction of sp³-hybridized carbons (Fsp3) is 0.562. The molecule has 21 heavy (non-hydrogen) atoms. The molecule has 1 aliphatic rings. The van der Waals surface area contributed by atoms with Gasteiger partial charge in [-0.25, -0.2) is 4.98 Å². The summed E-state index contributed by atoms with van der Waals surface area (Å²) in [5.41, 5.74) is 4.60. The lowest BCUT2D eigenvalue weighted by atomic mass is 10.1. The summed E-state index contributed by atoms with van der Waals surface area (Å²) in [7, 11) is 0. The summed E-state index contributed by atoms with van der Waals surface area (Å²) in [6.45, 7) is 8.81. The maximum absolute atomic E-state index is 10.3. The number of hydrogen-bond acceptors (Lipinski definition) is 4. The Bertz CT molecular complexity index is 617. The van der Waals surface area contributed by atoms with Crippen LogP contribution in [0, 0.1) is 13.8 Å². The summed E-state index contributed by atoms with van der Waals surface area (Å²) >= 11 is 0. The average molecular weight is 289 g/mol. The number of rotatable bonds is 4. The molecule has 0 aliphatic carbocycles. The highest BCUT2D eigenvalue weighted by Gasteiger charge is 2.16. The minimum absolute atomic E-state index is 0.387. The molecule has 0 unspecified atom stereocenters. The van der Waals surface area contributed by atoms with Gasteiger partial charge in [0.05, 0.1) is 43.2 Å². The van der Waals surface area contributed by atoms with E-state index in [4.69, 9.17) is 4.74 Å². The minimum Gasteiger partial charge on any atom is -0.390 e. The van der Waals surface area contributed by atoms with Gasteiger partial charge in [0.15, 0.2) is 0 Å². The highest BCUT2D eigenvalue weighted by Crippen LogP contribution is 2.18. The van der Waals surface area contributed by atoms with Crippen molar-refractivity contribution in [3.63, 3.8) is 0 Å². The first-order chi connectivity index (χ1) is 10.1. The van der Waals surface area contributed by atoms with E-state index in [0.717, 1.165) is 37.3 Å². The molecule has 1 aliphatic heterocycles. The number of benzene rings is 1. The molecular weight excluding hydrogens is 266 g/mol. The molecule has 1 N–H and O–H groups in total. The van der Waals surface area contributed by atoms with Crippen LogP contribution in [0.15, 0.2) is 18.5 Å². The highest BCUT2D eigenvalue weighted by molar-refractivity contribution is 5.77. The molecule has 1 aromatic heterocycles. The standard InChI is InChI=1S/C16H23N3O2/c1-12-7-15-16(8-13(12)2)19(11-17-15)10-14(20)9-18-3-5-21-6-4-18/h7-8,11,14,20H,3-6,9-10H2,1-2H3/t14-/m0/s1. The average Bonchev–Trinajstić information content (AvgIpc) is 2.83. The van der Waals surface area contributed by atoms with Gasteiger partial charge in [0, 0.05) is 19.6 Å². The Labute approximate surface area is 125 Å². The third kappa shape index (κ3) is 3.26. The van der Waals surface area contributed by atoms with Crippen molar-refractivity contribution >= 4 is 11.0 Å². The van der Waals surface area contributed by atoms with Crippen LogP contribution in [0.5, 0.6) is 0 Å².